The molecule has 0 spiro atoms. The molecule has 0 fully saturated rings. The number of methoxy groups -OCH3 is 2. The Morgan fingerprint density at radius 3 is 2.33 bits per heavy atom. The van der Waals surface area contributed by atoms with Gasteiger partial charge in [0, 0.05) is 19.2 Å². The molecule has 0 aliphatic heterocycles. The van der Waals surface area contributed by atoms with Gasteiger partial charge in [0.05, 0.1) is 22.6 Å². The highest BCUT2D eigenvalue weighted by molar-refractivity contribution is 7.89. The first-order chi connectivity index (χ1) is 19.0. The van der Waals surface area contributed by atoms with Crippen molar-refractivity contribution in [1.29, 1.82) is 0 Å². The quantitative estimate of drug-likeness (QED) is 0.175. The van der Waals surface area contributed by atoms with Crippen LogP contribution in [0.1, 0.15) is 31.8 Å². The molecular weight excluding hydrogens is 562 g/mol. The first-order valence-electron chi connectivity index (χ1n) is 11.5. The van der Waals surface area contributed by atoms with Crippen LogP contribution < -0.4 is 20.5 Å². The number of esters is 1. The number of primary sulfonamides is 1. The monoisotopic (exact) mass is 587 g/mol. The van der Waals surface area contributed by atoms with Gasteiger partial charge in [0.2, 0.25) is 10.0 Å². The third kappa shape index (κ3) is 8.38. The topological polar surface area (TPSA) is 163 Å². The maximum absolute atomic E-state index is 12.9. The van der Waals surface area contributed by atoms with Crippen molar-refractivity contribution in [3.05, 3.63) is 99.7 Å². The SMILES string of the molecule is COCOc1cccc(CNC(=O)c2ccc(C(=O)N/C(=C\c3ccc(S(N)(=O)=O)cc3)C(=O)OC)c(Cl)c2)c1. The summed E-state index contributed by atoms with van der Waals surface area (Å²) in [6.07, 6.45) is 1.29. The fraction of sp³-hybridized carbons (Fsp3) is 0.148. The number of nitrogens with one attached hydrogen (secondary N) is 2. The Morgan fingerprint density at radius 2 is 1.70 bits per heavy atom. The number of sulfonamides is 1. The molecule has 0 unspecified atom stereocenters. The second-order valence-electron chi connectivity index (χ2n) is 8.19. The van der Waals surface area contributed by atoms with Crippen molar-refractivity contribution in [3.63, 3.8) is 0 Å². The van der Waals surface area contributed by atoms with E-state index < -0.39 is 27.8 Å². The molecule has 4 N–H and O–H groups in total. The number of hydrogen-bond acceptors (Lipinski definition) is 8. The van der Waals surface area contributed by atoms with E-state index in [4.69, 9.17) is 31.0 Å². The van der Waals surface area contributed by atoms with Crippen LogP contribution in [0.3, 0.4) is 0 Å². The van der Waals surface area contributed by atoms with Crippen LogP contribution in [0.2, 0.25) is 5.02 Å². The van der Waals surface area contributed by atoms with Gasteiger partial charge in [0.25, 0.3) is 11.8 Å². The Kier molecular flexibility index (Phi) is 10.4. The number of hydrogen-bond donors (Lipinski definition) is 3. The van der Waals surface area contributed by atoms with E-state index in [9.17, 15) is 22.8 Å². The molecule has 0 bridgehead atoms. The molecule has 0 saturated heterocycles. The number of halogens is 1. The Labute approximate surface area is 235 Å². The Bertz CT molecular complexity index is 1540. The van der Waals surface area contributed by atoms with Crippen molar-refractivity contribution >= 4 is 45.5 Å². The molecule has 3 aromatic rings. The maximum Gasteiger partial charge on any atom is 0.354 e. The molecule has 0 aliphatic rings. The Balaban J connectivity index is 1.71. The zero-order valence-electron chi connectivity index (χ0n) is 21.5. The minimum atomic E-state index is -3.90. The fourth-order valence-corrected chi connectivity index (χ4v) is 4.14. The largest absolute Gasteiger partial charge is 0.468 e. The number of amides is 2. The van der Waals surface area contributed by atoms with Crippen LogP contribution in [0.5, 0.6) is 5.75 Å². The summed E-state index contributed by atoms with van der Waals surface area (Å²) < 4.78 is 37.9. The third-order valence-corrected chi connectivity index (χ3v) is 6.59. The second-order valence-corrected chi connectivity index (χ2v) is 10.2. The van der Waals surface area contributed by atoms with Crippen LogP contribution in [-0.2, 0) is 30.8 Å². The van der Waals surface area contributed by atoms with Crippen LogP contribution in [0, 0.1) is 0 Å². The predicted octanol–water partition coefficient (Wildman–Crippen LogP) is 2.84. The van der Waals surface area contributed by atoms with Gasteiger partial charge in [-0.3, -0.25) is 9.59 Å². The summed E-state index contributed by atoms with van der Waals surface area (Å²) in [4.78, 5) is 37.7. The lowest BCUT2D eigenvalue weighted by atomic mass is 10.1. The lowest BCUT2D eigenvalue weighted by Gasteiger charge is -2.11. The van der Waals surface area contributed by atoms with Crippen LogP contribution >= 0.6 is 11.6 Å². The molecule has 0 atom stereocenters. The average molecular weight is 588 g/mol. The van der Waals surface area contributed by atoms with Crippen LogP contribution in [0.25, 0.3) is 6.08 Å². The van der Waals surface area contributed by atoms with E-state index in [1.54, 1.807) is 18.2 Å². The van der Waals surface area contributed by atoms with Gasteiger partial charge in [-0.15, -0.1) is 0 Å². The molecule has 0 radical (unpaired) electrons. The van der Waals surface area contributed by atoms with Crippen molar-refractivity contribution in [3.8, 4) is 5.75 Å². The van der Waals surface area contributed by atoms with E-state index in [-0.39, 0.29) is 40.1 Å². The highest BCUT2D eigenvalue weighted by Crippen LogP contribution is 2.20. The van der Waals surface area contributed by atoms with Crippen LogP contribution in [-0.4, -0.2) is 47.2 Å². The molecule has 0 heterocycles. The summed E-state index contributed by atoms with van der Waals surface area (Å²) in [7, 11) is -1.25. The number of benzene rings is 3. The number of carbonyl (C=O) groups excluding carboxylic acids is 3. The number of ether oxygens (including phenoxy) is 3. The predicted molar refractivity (Wildman–Crippen MR) is 147 cm³/mol. The zero-order chi connectivity index (χ0) is 29.3. The number of rotatable bonds is 11. The van der Waals surface area contributed by atoms with E-state index in [1.807, 2.05) is 6.07 Å². The zero-order valence-corrected chi connectivity index (χ0v) is 23.0. The fourth-order valence-electron chi connectivity index (χ4n) is 3.36. The minimum absolute atomic E-state index is 0.000542. The summed E-state index contributed by atoms with van der Waals surface area (Å²) in [5.74, 6) is -1.42. The van der Waals surface area contributed by atoms with Gasteiger partial charge >= 0.3 is 5.97 Å². The molecule has 13 heteroatoms. The molecule has 0 aromatic heterocycles. The summed E-state index contributed by atoms with van der Waals surface area (Å²) >= 11 is 6.30. The van der Waals surface area contributed by atoms with Crippen molar-refractivity contribution in [1.82, 2.24) is 10.6 Å². The lowest BCUT2D eigenvalue weighted by Crippen LogP contribution is -2.28. The highest BCUT2D eigenvalue weighted by atomic mass is 35.5. The molecule has 3 rings (SSSR count). The van der Waals surface area contributed by atoms with Gasteiger partial charge < -0.3 is 24.8 Å². The lowest BCUT2D eigenvalue weighted by molar-refractivity contribution is -0.136. The molecule has 3 aromatic carbocycles. The summed E-state index contributed by atoms with van der Waals surface area (Å²) in [5.41, 5.74) is 1.17. The van der Waals surface area contributed by atoms with E-state index >= 15 is 0 Å². The highest BCUT2D eigenvalue weighted by Gasteiger charge is 2.19. The summed E-state index contributed by atoms with van der Waals surface area (Å²) in [6.45, 7) is 0.313. The molecule has 0 saturated carbocycles. The second kappa shape index (κ2) is 13.7. The average Bonchev–Trinajstić information content (AvgIpc) is 2.93. The van der Waals surface area contributed by atoms with Crippen molar-refractivity contribution in [2.75, 3.05) is 21.0 Å². The Morgan fingerprint density at radius 1 is 0.975 bits per heavy atom. The van der Waals surface area contributed by atoms with Crippen molar-refractivity contribution in [2.24, 2.45) is 5.14 Å². The first-order valence-corrected chi connectivity index (χ1v) is 13.5. The molecule has 2 amide bonds. The number of nitrogens with two attached hydrogens (primary N) is 1. The Hall–Kier alpha value is -4.23. The minimum Gasteiger partial charge on any atom is -0.468 e. The van der Waals surface area contributed by atoms with Crippen LogP contribution in [0.15, 0.2) is 77.3 Å². The van der Waals surface area contributed by atoms with Crippen molar-refractivity contribution in [2.45, 2.75) is 11.4 Å². The van der Waals surface area contributed by atoms with Gasteiger partial charge in [0.15, 0.2) is 6.79 Å². The van der Waals surface area contributed by atoms with Crippen molar-refractivity contribution < 1.29 is 37.0 Å². The molecule has 11 nitrogen and oxygen atoms in total. The maximum atomic E-state index is 12.9. The van der Waals surface area contributed by atoms with Gasteiger partial charge in [-0.2, -0.15) is 0 Å². The van der Waals surface area contributed by atoms with Gasteiger partial charge in [-0.05, 0) is 59.7 Å². The summed E-state index contributed by atoms with van der Waals surface area (Å²) in [5, 5.41) is 10.3. The van der Waals surface area contributed by atoms with E-state index in [2.05, 4.69) is 10.6 Å². The number of carbonyl (C=O) groups is 3. The van der Waals surface area contributed by atoms with E-state index in [0.717, 1.165) is 12.7 Å². The molecular formula is C27H26ClN3O8S. The third-order valence-electron chi connectivity index (χ3n) is 5.34. The smallest absolute Gasteiger partial charge is 0.354 e. The molecule has 210 valence electrons. The van der Waals surface area contributed by atoms with E-state index in [0.29, 0.717) is 11.3 Å². The molecule has 40 heavy (non-hydrogen) atoms. The first kappa shape index (κ1) is 30.3. The van der Waals surface area contributed by atoms with Gasteiger partial charge in [0.1, 0.15) is 11.4 Å². The van der Waals surface area contributed by atoms with Gasteiger partial charge in [-0.1, -0.05) is 35.9 Å². The normalized spacial score (nSPS) is 11.4. The van der Waals surface area contributed by atoms with Crippen LogP contribution in [0.4, 0.5) is 0 Å². The van der Waals surface area contributed by atoms with E-state index in [1.165, 1.54) is 55.7 Å². The standard InChI is InChI=1S/C27H26ClN3O8S/c1-37-16-39-20-5-3-4-18(12-20)15-30-25(32)19-8-11-22(23(28)14-19)26(33)31-24(27(34)38-2)13-17-6-9-21(10-7-17)40(29,35)36/h3-14H,15-16H2,1-2H3,(H,30,32)(H,31,33)(H2,29,35,36)/b24-13-. The summed E-state index contributed by atoms with van der Waals surface area (Å²) in [6, 6.07) is 16.5. The molecule has 0 aliphatic carbocycles. The van der Waals surface area contributed by atoms with Gasteiger partial charge in [-0.25, -0.2) is 18.4 Å².